The number of carboxylic acid groups (broad SMARTS) is 2. The van der Waals surface area contributed by atoms with Gasteiger partial charge in [0, 0.05) is 10.0 Å². The lowest BCUT2D eigenvalue weighted by Gasteiger charge is -2.13. The maximum Gasteiger partial charge on any atom is 0.342 e. The molecule has 0 amide bonds. The molecule has 7 nitrogen and oxygen atoms in total. The van der Waals surface area contributed by atoms with Crippen molar-refractivity contribution in [2.45, 2.75) is 6.92 Å². The third-order valence-corrected chi connectivity index (χ3v) is 3.99. The highest BCUT2D eigenvalue weighted by Gasteiger charge is 2.26. The van der Waals surface area contributed by atoms with Gasteiger partial charge in [0.05, 0.1) is 0 Å². The average molecular weight is 367 g/mol. The number of aromatic nitrogens is 1. The Morgan fingerprint density at radius 2 is 1.77 bits per heavy atom. The molecule has 1 aromatic heterocycles. The van der Waals surface area contributed by atoms with Crippen molar-refractivity contribution in [3.63, 3.8) is 0 Å². The molecule has 0 saturated heterocycles. The number of hydrogen-bond donors (Lipinski definition) is 4. The van der Waals surface area contributed by atoms with Crippen LogP contribution in [0.1, 0.15) is 26.3 Å². The van der Waals surface area contributed by atoms with Crippen LogP contribution in [0.3, 0.4) is 0 Å². The number of pyridine rings is 1. The average Bonchev–Trinajstić information content (AvgIpc) is 2.39. The number of hydrogen-bond acceptors (Lipinski definition) is 4. The van der Waals surface area contributed by atoms with E-state index in [9.17, 15) is 24.6 Å². The van der Waals surface area contributed by atoms with Crippen molar-refractivity contribution in [2.75, 3.05) is 5.73 Å². The largest absolute Gasteiger partial charge is 0.478 e. The Morgan fingerprint density at radius 1 is 1.18 bits per heavy atom. The molecule has 0 radical (unpaired) electrons. The predicted octanol–water partition coefficient (Wildman–Crippen LogP) is 2.09. The number of nitrogens with one attached hydrogen (secondary N) is 1. The van der Waals surface area contributed by atoms with Gasteiger partial charge in [-0.1, -0.05) is 28.1 Å². The number of carboxylic acids is 2. The number of anilines is 1. The summed E-state index contributed by atoms with van der Waals surface area (Å²) in [5.74, 6) is -3.35. The van der Waals surface area contributed by atoms with E-state index in [-0.39, 0.29) is 11.1 Å². The molecule has 0 atom stereocenters. The van der Waals surface area contributed by atoms with Crippen LogP contribution >= 0.6 is 15.9 Å². The summed E-state index contributed by atoms with van der Waals surface area (Å²) in [4.78, 5) is 36.8. The minimum atomic E-state index is -1.53. The van der Waals surface area contributed by atoms with Crippen LogP contribution in [-0.2, 0) is 0 Å². The topological polar surface area (TPSA) is 133 Å². The van der Waals surface area contributed by atoms with Gasteiger partial charge in [-0.15, -0.1) is 0 Å². The van der Waals surface area contributed by atoms with E-state index in [0.717, 1.165) is 5.56 Å². The van der Waals surface area contributed by atoms with E-state index in [0.29, 0.717) is 4.47 Å². The minimum Gasteiger partial charge on any atom is -0.478 e. The van der Waals surface area contributed by atoms with Crippen LogP contribution in [0, 0.1) is 6.92 Å². The molecule has 1 heterocycles. The fraction of sp³-hybridized carbons (Fsp3) is 0.0714. The molecule has 0 aliphatic carbocycles. The molecule has 0 saturated carbocycles. The van der Waals surface area contributed by atoms with Crippen LogP contribution in [0.15, 0.2) is 27.5 Å². The van der Waals surface area contributed by atoms with Crippen LogP contribution in [0.25, 0.3) is 11.1 Å². The van der Waals surface area contributed by atoms with Crippen molar-refractivity contribution in [3.8, 4) is 11.1 Å². The van der Waals surface area contributed by atoms with Gasteiger partial charge in [-0.05, 0) is 24.1 Å². The molecule has 0 bridgehead atoms. The Hall–Kier alpha value is -2.61. The van der Waals surface area contributed by atoms with Crippen molar-refractivity contribution >= 4 is 33.7 Å². The first-order valence-electron chi connectivity index (χ1n) is 6.03. The summed E-state index contributed by atoms with van der Waals surface area (Å²) >= 11 is 3.29. The number of nitrogens with two attached hydrogens (primary N) is 1. The van der Waals surface area contributed by atoms with Gasteiger partial charge in [0.25, 0.3) is 5.56 Å². The van der Waals surface area contributed by atoms with E-state index in [2.05, 4.69) is 20.9 Å². The third kappa shape index (κ3) is 2.60. The fourth-order valence-corrected chi connectivity index (χ4v) is 2.46. The molecule has 0 aliphatic rings. The second-order valence-electron chi connectivity index (χ2n) is 4.57. The monoisotopic (exact) mass is 366 g/mol. The molecule has 2 rings (SSSR count). The highest BCUT2D eigenvalue weighted by atomic mass is 79.9. The van der Waals surface area contributed by atoms with Crippen LogP contribution in [0.2, 0.25) is 0 Å². The molecule has 22 heavy (non-hydrogen) atoms. The van der Waals surface area contributed by atoms with Gasteiger partial charge in [0.2, 0.25) is 0 Å². The molecule has 0 spiro atoms. The zero-order valence-corrected chi connectivity index (χ0v) is 12.9. The van der Waals surface area contributed by atoms with E-state index >= 15 is 0 Å². The first-order valence-corrected chi connectivity index (χ1v) is 6.82. The number of aromatic amines is 1. The number of benzene rings is 1. The van der Waals surface area contributed by atoms with Crippen molar-refractivity contribution in [1.82, 2.24) is 4.98 Å². The summed E-state index contributed by atoms with van der Waals surface area (Å²) in [6, 6.07) is 4.75. The molecule has 2 aromatic rings. The molecule has 0 aliphatic heterocycles. The second kappa shape index (κ2) is 5.64. The fourth-order valence-electron chi connectivity index (χ4n) is 2.08. The molecule has 114 valence electrons. The van der Waals surface area contributed by atoms with Gasteiger partial charge >= 0.3 is 11.9 Å². The smallest absolute Gasteiger partial charge is 0.342 e. The molecule has 0 fully saturated rings. The normalized spacial score (nSPS) is 10.5. The molecule has 0 unspecified atom stereocenters. The second-order valence-corrected chi connectivity index (χ2v) is 5.42. The van der Waals surface area contributed by atoms with E-state index < -0.39 is 34.4 Å². The standard InChI is InChI=1S/C14H11BrN2O5/c1-5-2-3-6(4-7(5)15)8-9(13(19)20)11(16)17-12(18)10(8)14(21)22/h2-4H,1H3,(H,19,20)(H,21,22)(H3,16,17,18). The van der Waals surface area contributed by atoms with Crippen molar-refractivity contribution in [2.24, 2.45) is 0 Å². The van der Waals surface area contributed by atoms with Crippen LogP contribution in [0.4, 0.5) is 5.82 Å². The summed E-state index contributed by atoms with van der Waals surface area (Å²) in [7, 11) is 0. The van der Waals surface area contributed by atoms with Gasteiger partial charge in [-0.25, -0.2) is 9.59 Å². The summed E-state index contributed by atoms with van der Waals surface area (Å²) in [6.45, 7) is 1.82. The molecule has 1 aromatic carbocycles. The Bertz CT molecular complexity index is 857. The molecular weight excluding hydrogens is 356 g/mol. The Kier molecular flexibility index (Phi) is 4.05. The Labute approximate surface area is 132 Å². The van der Waals surface area contributed by atoms with Gasteiger partial charge in [-0.3, -0.25) is 4.79 Å². The zero-order valence-electron chi connectivity index (χ0n) is 11.3. The van der Waals surface area contributed by atoms with E-state index in [1.165, 1.54) is 6.07 Å². The summed E-state index contributed by atoms with van der Waals surface area (Å²) in [6.07, 6.45) is 0. The van der Waals surface area contributed by atoms with Crippen LogP contribution in [0.5, 0.6) is 0 Å². The minimum absolute atomic E-state index is 0.220. The predicted molar refractivity (Wildman–Crippen MR) is 83.3 cm³/mol. The number of H-pyrrole nitrogens is 1. The number of carbonyl (C=O) groups is 2. The van der Waals surface area contributed by atoms with Crippen molar-refractivity contribution in [1.29, 1.82) is 0 Å². The quantitative estimate of drug-likeness (QED) is 0.656. The Morgan fingerprint density at radius 3 is 2.27 bits per heavy atom. The Balaban J connectivity index is 2.98. The summed E-state index contributed by atoms with van der Waals surface area (Å²) in [5.41, 5.74) is 4.40. The SMILES string of the molecule is Cc1ccc(-c2c(C(=O)O)c(N)[nH]c(=O)c2C(=O)O)cc1Br. The van der Waals surface area contributed by atoms with E-state index in [1.807, 2.05) is 6.92 Å². The van der Waals surface area contributed by atoms with Gasteiger partial charge < -0.3 is 20.9 Å². The highest BCUT2D eigenvalue weighted by Crippen LogP contribution is 2.31. The maximum absolute atomic E-state index is 11.9. The third-order valence-electron chi connectivity index (χ3n) is 3.13. The lowest BCUT2D eigenvalue weighted by molar-refractivity contribution is 0.0695. The number of rotatable bonds is 3. The lowest BCUT2D eigenvalue weighted by atomic mass is 9.95. The van der Waals surface area contributed by atoms with E-state index in [4.69, 9.17) is 5.73 Å². The number of nitrogen functional groups attached to an aromatic ring is 1. The number of aromatic carboxylic acids is 2. The van der Waals surface area contributed by atoms with Gasteiger partial charge in [0.1, 0.15) is 16.9 Å². The molecule has 5 N–H and O–H groups in total. The van der Waals surface area contributed by atoms with Crippen molar-refractivity contribution < 1.29 is 19.8 Å². The lowest BCUT2D eigenvalue weighted by Crippen LogP contribution is -2.24. The maximum atomic E-state index is 11.9. The number of aryl methyl sites for hydroxylation is 1. The van der Waals surface area contributed by atoms with Crippen LogP contribution < -0.4 is 11.3 Å². The summed E-state index contributed by atoms with van der Waals surface area (Å²) < 4.78 is 0.650. The zero-order chi connectivity index (χ0) is 16.6. The number of halogens is 1. The van der Waals surface area contributed by atoms with Gasteiger partial charge in [0.15, 0.2) is 0 Å². The summed E-state index contributed by atoms with van der Waals surface area (Å²) in [5, 5.41) is 18.6. The van der Waals surface area contributed by atoms with Gasteiger partial charge in [-0.2, -0.15) is 0 Å². The highest BCUT2D eigenvalue weighted by molar-refractivity contribution is 9.10. The first-order chi connectivity index (χ1) is 10.2. The van der Waals surface area contributed by atoms with Crippen LogP contribution in [-0.4, -0.2) is 27.1 Å². The molecule has 8 heteroatoms. The van der Waals surface area contributed by atoms with Crippen molar-refractivity contribution in [3.05, 3.63) is 49.7 Å². The molecular formula is C14H11BrN2O5. The van der Waals surface area contributed by atoms with E-state index in [1.54, 1.807) is 12.1 Å². The first kappa shape index (κ1) is 15.8.